The molecule has 3 aliphatic heterocycles. The van der Waals surface area contributed by atoms with E-state index >= 15 is 0 Å². The largest absolute Gasteiger partial charge is 0.316 e. The summed E-state index contributed by atoms with van der Waals surface area (Å²) < 4.78 is 0. The van der Waals surface area contributed by atoms with Gasteiger partial charge in [-0.05, 0) is 77.3 Å². The highest BCUT2D eigenvalue weighted by Crippen LogP contribution is 2.29. The van der Waals surface area contributed by atoms with Crippen molar-refractivity contribution in [3.8, 4) is 0 Å². The summed E-state index contributed by atoms with van der Waals surface area (Å²) in [7, 11) is 2.33. The van der Waals surface area contributed by atoms with Crippen molar-refractivity contribution in [3.05, 3.63) is 0 Å². The molecule has 3 nitrogen and oxygen atoms in total. The number of piperidine rings is 2. The normalized spacial score (nSPS) is 36.5. The first kappa shape index (κ1) is 11.9. The van der Waals surface area contributed by atoms with E-state index in [9.17, 15) is 0 Å². The third-order valence-corrected chi connectivity index (χ3v) is 5.15. The fourth-order valence-electron chi connectivity index (χ4n) is 3.85. The molecular formula is C14H27N3. The molecule has 0 aromatic rings. The van der Waals surface area contributed by atoms with E-state index in [2.05, 4.69) is 22.2 Å². The fraction of sp³-hybridized carbons (Fsp3) is 1.00. The van der Waals surface area contributed by atoms with Gasteiger partial charge in [-0.15, -0.1) is 0 Å². The van der Waals surface area contributed by atoms with Crippen LogP contribution in [-0.4, -0.2) is 62.2 Å². The zero-order chi connectivity index (χ0) is 11.7. The monoisotopic (exact) mass is 237 g/mol. The molecule has 3 saturated heterocycles. The maximum atomic E-state index is 3.37. The topological polar surface area (TPSA) is 18.5 Å². The second kappa shape index (κ2) is 5.25. The molecule has 0 amide bonds. The van der Waals surface area contributed by atoms with Crippen molar-refractivity contribution in [1.82, 2.24) is 15.1 Å². The molecule has 1 N–H and O–H groups in total. The molecule has 0 radical (unpaired) electrons. The average molecular weight is 237 g/mol. The van der Waals surface area contributed by atoms with Crippen molar-refractivity contribution < 1.29 is 0 Å². The summed E-state index contributed by atoms with van der Waals surface area (Å²) in [5, 5.41) is 3.37. The minimum atomic E-state index is 0.894. The summed E-state index contributed by atoms with van der Waals surface area (Å²) in [6.45, 7) is 7.92. The summed E-state index contributed by atoms with van der Waals surface area (Å²) in [5.74, 6) is 1.93. The molecule has 2 atom stereocenters. The van der Waals surface area contributed by atoms with Gasteiger partial charge in [-0.3, -0.25) is 0 Å². The summed E-state index contributed by atoms with van der Waals surface area (Å²) in [4.78, 5) is 5.35. The van der Waals surface area contributed by atoms with E-state index in [1.165, 1.54) is 65.0 Å². The van der Waals surface area contributed by atoms with Crippen molar-refractivity contribution in [2.24, 2.45) is 11.8 Å². The SMILES string of the molecule is CN1CCCC2CN(CCC3CNC3)CCC21. The van der Waals surface area contributed by atoms with Gasteiger partial charge in [0.1, 0.15) is 0 Å². The predicted molar refractivity (Wildman–Crippen MR) is 71.2 cm³/mol. The number of likely N-dealkylation sites (tertiary alicyclic amines) is 2. The first-order chi connectivity index (χ1) is 8.33. The van der Waals surface area contributed by atoms with Crippen LogP contribution < -0.4 is 5.32 Å². The number of nitrogens with zero attached hydrogens (tertiary/aromatic N) is 2. The lowest BCUT2D eigenvalue weighted by atomic mass is 9.84. The van der Waals surface area contributed by atoms with E-state index < -0.39 is 0 Å². The van der Waals surface area contributed by atoms with Gasteiger partial charge in [0.25, 0.3) is 0 Å². The highest BCUT2D eigenvalue weighted by Gasteiger charge is 2.34. The summed E-state index contributed by atoms with van der Waals surface area (Å²) in [6.07, 6.45) is 5.71. The van der Waals surface area contributed by atoms with Gasteiger partial charge in [0.05, 0.1) is 0 Å². The molecule has 3 fully saturated rings. The van der Waals surface area contributed by atoms with Crippen LogP contribution in [0.3, 0.4) is 0 Å². The van der Waals surface area contributed by atoms with Crippen LogP contribution in [0.4, 0.5) is 0 Å². The van der Waals surface area contributed by atoms with Crippen molar-refractivity contribution in [2.45, 2.75) is 31.7 Å². The van der Waals surface area contributed by atoms with Gasteiger partial charge in [-0.2, -0.15) is 0 Å². The van der Waals surface area contributed by atoms with Gasteiger partial charge >= 0.3 is 0 Å². The Morgan fingerprint density at radius 2 is 2.06 bits per heavy atom. The number of nitrogens with one attached hydrogen (secondary N) is 1. The van der Waals surface area contributed by atoms with Gasteiger partial charge in [0.15, 0.2) is 0 Å². The fourth-order valence-corrected chi connectivity index (χ4v) is 3.85. The van der Waals surface area contributed by atoms with Crippen LogP contribution in [0.1, 0.15) is 25.7 Å². The summed E-state index contributed by atoms with van der Waals surface area (Å²) >= 11 is 0. The van der Waals surface area contributed by atoms with Crippen LogP contribution in [0.2, 0.25) is 0 Å². The molecule has 3 heteroatoms. The molecule has 3 heterocycles. The second-order valence-electron chi connectivity index (χ2n) is 6.35. The number of fused-ring (bicyclic) bond motifs is 1. The molecule has 17 heavy (non-hydrogen) atoms. The Balaban J connectivity index is 1.46. The second-order valence-corrected chi connectivity index (χ2v) is 6.35. The van der Waals surface area contributed by atoms with Crippen LogP contribution >= 0.6 is 0 Å². The van der Waals surface area contributed by atoms with Gasteiger partial charge in [0.2, 0.25) is 0 Å². The molecule has 0 bridgehead atoms. The highest BCUT2D eigenvalue weighted by atomic mass is 15.2. The van der Waals surface area contributed by atoms with E-state index in [1.54, 1.807) is 0 Å². The Morgan fingerprint density at radius 3 is 2.82 bits per heavy atom. The van der Waals surface area contributed by atoms with E-state index in [0.29, 0.717) is 0 Å². The average Bonchev–Trinajstić information content (AvgIpc) is 2.27. The molecule has 98 valence electrons. The van der Waals surface area contributed by atoms with E-state index in [0.717, 1.165) is 17.9 Å². The van der Waals surface area contributed by atoms with Crippen molar-refractivity contribution in [1.29, 1.82) is 0 Å². The van der Waals surface area contributed by atoms with Crippen molar-refractivity contribution >= 4 is 0 Å². The first-order valence-electron chi connectivity index (χ1n) is 7.46. The third-order valence-electron chi connectivity index (χ3n) is 5.15. The quantitative estimate of drug-likeness (QED) is 0.790. The van der Waals surface area contributed by atoms with Gasteiger partial charge in [-0.25, -0.2) is 0 Å². The van der Waals surface area contributed by atoms with Crippen LogP contribution in [0.15, 0.2) is 0 Å². The minimum Gasteiger partial charge on any atom is -0.316 e. The maximum Gasteiger partial charge on any atom is 0.0145 e. The molecule has 0 aliphatic carbocycles. The highest BCUT2D eigenvalue weighted by molar-refractivity contribution is 4.89. The molecule has 0 saturated carbocycles. The Hall–Kier alpha value is -0.120. The Morgan fingerprint density at radius 1 is 1.18 bits per heavy atom. The first-order valence-corrected chi connectivity index (χ1v) is 7.46. The molecule has 0 aromatic heterocycles. The zero-order valence-electron chi connectivity index (χ0n) is 11.2. The Labute approximate surface area is 106 Å². The number of hydrogen-bond donors (Lipinski definition) is 1. The molecule has 0 aromatic carbocycles. The lowest BCUT2D eigenvalue weighted by molar-refractivity contribution is 0.0355. The van der Waals surface area contributed by atoms with Crippen LogP contribution in [0, 0.1) is 11.8 Å². The minimum absolute atomic E-state index is 0.894. The molecular weight excluding hydrogens is 210 g/mol. The number of hydrogen-bond acceptors (Lipinski definition) is 3. The number of rotatable bonds is 3. The lowest BCUT2D eigenvalue weighted by Crippen LogP contribution is -2.53. The predicted octanol–water partition coefficient (Wildman–Crippen LogP) is 1.01. The third kappa shape index (κ3) is 2.67. The van der Waals surface area contributed by atoms with Gasteiger partial charge in [-0.1, -0.05) is 0 Å². The van der Waals surface area contributed by atoms with Gasteiger partial charge < -0.3 is 15.1 Å². The molecule has 0 spiro atoms. The Kier molecular flexibility index (Phi) is 3.69. The maximum absolute atomic E-state index is 3.37. The molecule has 2 unspecified atom stereocenters. The smallest absolute Gasteiger partial charge is 0.0145 e. The summed E-state index contributed by atoms with van der Waals surface area (Å²) in [5.41, 5.74) is 0. The van der Waals surface area contributed by atoms with E-state index in [-0.39, 0.29) is 0 Å². The van der Waals surface area contributed by atoms with Gasteiger partial charge in [0, 0.05) is 12.6 Å². The van der Waals surface area contributed by atoms with Crippen molar-refractivity contribution in [2.75, 3.05) is 46.3 Å². The molecule has 3 rings (SSSR count). The summed E-state index contributed by atoms with van der Waals surface area (Å²) in [6, 6.07) is 0.894. The zero-order valence-corrected chi connectivity index (χ0v) is 11.2. The van der Waals surface area contributed by atoms with E-state index in [1.807, 2.05) is 0 Å². The Bertz CT molecular complexity index is 252. The van der Waals surface area contributed by atoms with E-state index in [4.69, 9.17) is 0 Å². The lowest BCUT2D eigenvalue weighted by Gasteiger charge is -2.46. The van der Waals surface area contributed by atoms with Crippen LogP contribution in [0.5, 0.6) is 0 Å². The standard InChI is InChI=1S/C14H27N3/c1-16-6-2-3-13-11-17(8-5-14(13)16)7-4-12-9-15-10-12/h12-15H,2-11H2,1H3. The van der Waals surface area contributed by atoms with Crippen LogP contribution in [0.25, 0.3) is 0 Å². The van der Waals surface area contributed by atoms with Crippen LogP contribution in [-0.2, 0) is 0 Å². The van der Waals surface area contributed by atoms with Crippen molar-refractivity contribution in [3.63, 3.8) is 0 Å². The molecule has 3 aliphatic rings.